The second kappa shape index (κ2) is 7.14. The number of hydrogen-bond donors (Lipinski definition) is 1. The van der Waals surface area contributed by atoms with Gasteiger partial charge in [0.05, 0.1) is 6.04 Å². The van der Waals surface area contributed by atoms with Gasteiger partial charge in [-0.05, 0) is 26.2 Å². The van der Waals surface area contributed by atoms with Crippen molar-refractivity contribution in [1.82, 2.24) is 13.9 Å². The average Bonchev–Trinajstić information content (AvgIpc) is 2.23. The molecule has 132 valence electrons. The molecule has 0 rings (SSSR count). The number of amides is 1. The minimum absolute atomic E-state index is 0.156. The molecule has 0 aromatic carbocycles. The SMILES string of the molecule is CN(C)S(=O)(=O)N(C)C[C@@H](NC(=O)OC(C)(C)C)C(C)(C)C. The Morgan fingerprint density at radius 1 is 1.09 bits per heavy atom. The van der Waals surface area contributed by atoms with Crippen LogP contribution in [0.3, 0.4) is 0 Å². The Balaban J connectivity index is 5.08. The normalized spacial score (nSPS) is 15.0. The number of ether oxygens (including phenoxy) is 1. The van der Waals surface area contributed by atoms with E-state index in [4.69, 9.17) is 4.74 Å². The Morgan fingerprint density at radius 2 is 1.55 bits per heavy atom. The number of rotatable bonds is 5. The summed E-state index contributed by atoms with van der Waals surface area (Å²) in [6.07, 6.45) is -0.553. The first kappa shape index (κ1) is 21.1. The highest BCUT2D eigenvalue weighted by molar-refractivity contribution is 7.86. The number of likely N-dealkylation sites (N-methyl/N-ethyl adjacent to an activating group) is 1. The summed E-state index contributed by atoms with van der Waals surface area (Å²) in [7, 11) is 0.905. The maximum atomic E-state index is 12.1. The first-order valence-corrected chi connectivity index (χ1v) is 8.60. The Hall–Kier alpha value is -0.860. The zero-order valence-corrected chi connectivity index (χ0v) is 16.0. The van der Waals surface area contributed by atoms with Gasteiger partial charge in [0.1, 0.15) is 5.60 Å². The number of nitrogens with zero attached hydrogens (tertiary/aromatic N) is 2. The van der Waals surface area contributed by atoms with Gasteiger partial charge in [-0.3, -0.25) is 0 Å². The van der Waals surface area contributed by atoms with Crippen LogP contribution in [0.5, 0.6) is 0 Å². The fourth-order valence-corrected chi connectivity index (χ4v) is 2.51. The van der Waals surface area contributed by atoms with E-state index in [1.165, 1.54) is 25.4 Å². The lowest BCUT2D eigenvalue weighted by Crippen LogP contribution is -2.53. The minimum Gasteiger partial charge on any atom is -0.444 e. The van der Waals surface area contributed by atoms with Gasteiger partial charge in [-0.1, -0.05) is 20.8 Å². The van der Waals surface area contributed by atoms with Gasteiger partial charge in [0.25, 0.3) is 10.2 Å². The average molecular weight is 337 g/mol. The fourth-order valence-electron chi connectivity index (χ4n) is 1.62. The van der Waals surface area contributed by atoms with Crippen molar-refractivity contribution in [3.8, 4) is 0 Å². The lowest BCUT2D eigenvalue weighted by atomic mass is 9.87. The van der Waals surface area contributed by atoms with Crippen molar-refractivity contribution in [2.45, 2.75) is 53.2 Å². The van der Waals surface area contributed by atoms with E-state index in [2.05, 4.69) is 5.32 Å². The summed E-state index contributed by atoms with van der Waals surface area (Å²) in [4.78, 5) is 12.0. The van der Waals surface area contributed by atoms with Crippen LogP contribution in [0, 0.1) is 5.41 Å². The van der Waals surface area contributed by atoms with E-state index in [9.17, 15) is 13.2 Å². The highest BCUT2D eigenvalue weighted by atomic mass is 32.2. The molecule has 0 aromatic rings. The summed E-state index contributed by atoms with van der Waals surface area (Å²) in [5.41, 5.74) is -0.929. The molecule has 0 spiro atoms. The lowest BCUT2D eigenvalue weighted by molar-refractivity contribution is 0.0455. The number of hydrogen-bond acceptors (Lipinski definition) is 4. The molecule has 1 N–H and O–H groups in total. The molecular formula is C14H31N3O4S. The van der Waals surface area contributed by atoms with Crippen LogP contribution in [-0.4, -0.2) is 62.5 Å². The van der Waals surface area contributed by atoms with Gasteiger partial charge in [0.15, 0.2) is 0 Å². The van der Waals surface area contributed by atoms with Crippen LogP contribution in [-0.2, 0) is 14.9 Å². The third-order valence-corrected chi connectivity index (χ3v) is 4.89. The summed E-state index contributed by atoms with van der Waals surface area (Å²) in [5.74, 6) is 0. The zero-order valence-electron chi connectivity index (χ0n) is 15.2. The Labute approximate surface area is 135 Å². The molecule has 0 bridgehead atoms. The highest BCUT2D eigenvalue weighted by Crippen LogP contribution is 2.21. The van der Waals surface area contributed by atoms with E-state index in [0.717, 1.165) is 4.31 Å². The van der Waals surface area contributed by atoms with Crippen LogP contribution in [0.4, 0.5) is 4.79 Å². The molecule has 0 aliphatic rings. The molecule has 0 aromatic heterocycles. The summed E-state index contributed by atoms with van der Waals surface area (Å²) in [6.45, 7) is 11.3. The molecule has 0 aliphatic carbocycles. The molecule has 0 heterocycles. The predicted octanol–water partition coefficient (Wildman–Crippen LogP) is 1.66. The summed E-state index contributed by atoms with van der Waals surface area (Å²) >= 11 is 0. The minimum atomic E-state index is -3.53. The van der Waals surface area contributed by atoms with Crippen LogP contribution in [0.1, 0.15) is 41.5 Å². The molecule has 0 unspecified atom stereocenters. The van der Waals surface area contributed by atoms with E-state index in [-0.39, 0.29) is 18.0 Å². The van der Waals surface area contributed by atoms with E-state index >= 15 is 0 Å². The third kappa shape index (κ3) is 6.93. The second-order valence-corrected chi connectivity index (χ2v) is 9.88. The summed E-state index contributed by atoms with van der Waals surface area (Å²) in [5, 5.41) is 2.77. The molecule has 22 heavy (non-hydrogen) atoms. The van der Waals surface area contributed by atoms with Gasteiger partial charge >= 0.3 is 6.09 Å². The number of carbonyl (C=O) groups excluding carboxylic acids is 1. The van der Waals surface area contributed by atoms with Crippen molar-refractivity contribution < 1.29 is 17.9 Å². The van der Waals surface area contributed by atoms with Gasteiger partial charge in [-0.2, -0.15) is 17.0 Å². The standard InChI is InChI=1S/C14H31N3O4S/c1-13(2,3)11(15-12(18)21-14(4,5)6)10-17(9)22(19,20)16(7)8/h11H,10H2,1-9H3,(H,15,18)/t11-/m1/s1. The molecule has 0 saturated heterocycles. The van der Waals surface area contributed by atoms with Crippen molar-refractivity contribution in [1.29, 1.82) is 0 Å². The van der Waals surface area contributed by atoms with Gasteiger partial charge in [-0.25, -0.2) is 4.79 Å². The van der Waals surface area contributed by atoms with Crippen molar-refractivity contribution in [3.63, 3.8) is 0 Å². The van der Waals surface area contributed by atoms with Gasteiger partial charge in [-0.15, -0.1) is 0 Å². The largest absolute Gasteiger partial charge is 0.444 e. The van der Waals surface area contributed by atoms with Gasteiger partial charge in [0.2, 0.25) is 0 Å². The summed E-state index contributed by atoms with van der Waals surface area (Å²) < 4.78 is 31.8. The van der Waals surface area contributed by atoms with E-state index in [1.54, 1.807) is 20.8 Å². The third-order valence-electron chi connectivity index (χ3n) is 3.03. The Kier molecular flexibility index (Phi) is 6.86. The van der Waals surface area contributed by atoms with Crippen molar-refractivity contribution in [2.24, 2.45) is 5.41 Å². The molecule has 0 saturated carbocycles. The fraction of sp³-hybridized carbons (Fsp3) is 0.929. The van der Waals surface area contributed by atoms with E-state index in [1.807, 2.05) is 20.8 Å². The highest BCUT2D eigenvalue weighted by Gasteiger charge is 2.32. The van der Waals surface area contributed by atoms with Crippen molar-refractivity contribution in [2.75, 3.05) is 27.7 Å². The number of alkyl carbamates (subject to hydrolysis) is 1. The lowest BCUT2D eigenvalue weighted by Gasteiger charge is -2.35. The first-order chi connectivity index (χ1) is 9.57. The van der Waals surface area contributed by atoms with Gasteiger partial charge < -0.3 is 10.1 Å². The zero-order chi connectivity index (χ0) is 17.9. The Morgan fingerprint density at radius 3 is 1.86 bits per heavy atom. The molecule has 0 fully saturated rings. The van der Waals surface area contributed by atoms with Crippen LogP contribution in [0.15, 0.2) is 0 Å². The predicted molar refractivity (Wildman–Crippen MR) is 87.8 cm³/mol. The number of nitrogens with one attached hydrogen (secondary N) is 1. The first-order valence-electron chi connectivity index (χ1n) is 7.20. The molecule has 0 aliphatic heterocycles. The van der Waals surface area contributed by atoms with Crippen molar-refractivity contribution >= 4 is 16.3 Å². The van der Waals surface area contributed by atoms with E-state index < -0.39 is 21.9 Å². The van der Waals surface area contributed by atoms with Crippen LogP contribution < -0.4 is 5.32 Å². The molecule has 8 heteroatoms. The summed E-state index contributed by atoms with van der Waals surface area (Å²) in [6, 6.07) is -0.387. The molecule has 1 amide bonds. The smallest absolute Gasteiger partial charge is 0.407 e. The van der Waals surface area contributed by atoms with Gasteiger partial charge in [0, 0.05) is 27.7 Å². The Bertz CT molecular complexity index is 475. The quantitative estimate of drug-likeness (QED) is 0.827. The van der Waals surface area contributed by atoms with Crippen LogP contribution in [0.2, 0.25) is 0 Å². The van der Waals surface area contributed by atoms with Crippen LogP contribution >= 0.6 is 0 Å². The van der Waals surface area contributed by atoms with E-state index in [0.29, 0.717) is 0 Å². The molecule has 1 atom stereocenters. The van der Waals surface area contributed by atoms with Crippen LogP contribution in [0.25, 0.3) is 0 Å². The molecular weight excluding hydrogens is 306 g/mol. The second-order valence-electron chi connectivity index (χ2n) is 7.64. The maximum absolute atomic E-state index is 12.1. The maximum Gasteiger partial charge on any atom is 0.407 e. The monoisotopic (exact) mass is 337 g/mol. The number of carbonyl (C=O) groups is 1. The molecule has 0 radical (unpaired) electrons. The topological polar surface area (TPSA) is 79.0 Å². The molecule has 7 nitrogen and oxygen atoms in total. The van der Waals surface area contributed by atoms with Crippen molar-refractivity contribution in [3.05, 3.63) is 0 Å².